The average molecular weight is 528 g/mol. The molecule has 0 saturated carbocycles. The molecule has 30 heavy (non-hydrogen) atoms. The summed E-state index contributed by atoms with van der Waals surface area (Å²) in [5.41, 5.74) is 0. The van der Waals surface area contributed by atoms with Crippen LogP contribution in [0, 0.1) is 0 Å². The topological polar surface area (TPSA) is 85.6 Å². The minimum Gasteiger partial charge on any atom is -0.497 e. The van der Waals surface area contributed by atoms with Crippen molar-refractivity contribution in [3.8, 4) is 11.5 Å². The van der Waals surface area contributed by atoms with Gasteiger partial charge in [0, 0.05) is 25.6 Å². The molecule has 1 unspecified atom stereocenters. The average Bonchev–Trinajstić information content (AvgIpc) is 2.96. The number of benzene rings is 1. The van der Waals surface area contributed by atoms with Gasteiger partial charge in [0.05, 0.1) is 13.7 Å². The van der Waals surface area contributed by atoms with E-state index in [1.54, 1.807) is 7.11 Å². The summed E-state index contributed by atoms with van der Waals surface area (Å²) in [5, 5.41) is 15.3. The molecule has 1 aromatic carbocycles. The first-order chi connectivity index (χ1) is 14.2. The number of rotatable bonds is 8. The van der Waals surface area contributed by atoms with Gasteiger partial charge in [0.2, 0.25) is 0 Å². The smallest absolute Gasteiger partial charge is 0.191 e. The molecule has 1 aromatic heterocycles. The molecule has 3 rings (SSSR count). The van der Waals surface area contributed by atoms with Crippen molar-refractivity contribution in [2.24, 2.45) is 4.99 Å². The van der Waals surface area contributed by atoms with E-state index in [1.165, 1.54) is 19.3 Å². The lowest BCUT2D eigenvalue weighted by Gasteiger charge is -2.18. The van der Waals surface area contributed by atoms with E-state index in [0.717, 1.165) is 48.6 Å². The van der Waals surface area contributed by atoms with E-state index in [0.29, 0.717) is 13.1 Å². The number of nitrogens with one attached hydrogen (secondary N) is 2. The number of hydrogen-bond donors (Lipinski definition) is 2. The van der Waals surface area contributed by atoms with Crippen LogP contribution in [-0.4, -0.2) is 47.0 Å². The van der Waals surface area contributed by atoms with Gasteiger partial charge in [-0.2, -0.15) is 0 Å². The van der Waals surface area contributed by atoms with Crippen LogP contribution in [0.15, 0.2) is 29.3 Å². The molecule has 9 heteroatoms. The number of aliphatic imine (C=N–C) groups is 1. The molecule has 2 N–H and O–H groups in total. The SMILES string of the molecule is CCNC(=NCc1nnc2n1CCCCC2)NCC(C)Oc1cccc(OC)c1.I. The fourth-order valence-corrected chi connectivity index (χ4v) is 3.34. The summed E-state index contributed by atoms with van der Waals surface area (Å²) in [7, 11) is 1.65. The highest BCUT2D eigenvalue weighted by Crippen LogP contribution is 2.19. The number of fused-ring (bicyclic) bond motifs is 1. The molecule has 2 aromatic rings. The van der Waals surface area contributed by atoms with Gasteiger partial charge in [0.1, 0.15) is 30.0 Å². The predicted molar refractivity (Wildman–Crippen MR) is 129 cm³/mol. The number of aryl methyl sites for hydroxylation is 1. The highest BCUT2D eigenvalue weighted by Gasteiger charge is 2.14. The van der Waals surface area contributed by atoms with Crippen LogP contribution in [0.3, 0.4) is 0 Å². The van der Waals surface area contributed by atoms with Gasteiger partial charge in [-0.05, 0) is 38.8 Å². The Morgan fingerprint density at radius 1 is 1.20 bits per heavy atom. The largest absolute Gasteiger partial charge is 0.497 e. The highest BCUT2D eigenvalue weighted by atomic mass is 127. The minimum absolute atomic E-state index is 0. The second kappa shape index (κ2) is 12.6. The first-order valence-corrected chi connectivity index (χ1v) is 10.4. The molecule has 2 heterocycles. The summed E-state index contributed by atoms with van der Waals surface area (Å²) >= 11 is 0. The Balaban J connectivity index is 0.00000320. The van der Waals surface area contributed by atoms with Crippen molar-refractivity contribution >= 4 is 29.9 Å². The van der Waals surface area contributed by atoms with Gasteiger partial charge in [-0.15, -0.1) is 34.2 Å². The van der Waals surface area contributed by atoms with Crippen LogP contribution in [0.25, 0.3) is 0 Å². The Morgan fingerprint density at radius 3 is 2.83 bits per heavy atom. The molecule has 0 spiro atoms. The number of hydrogen-bond acceptors (Lipinski definition) is 5. The van der Waals surface area contributed by atoms with Gasteiger partial charge >= 0.3 is 0 Å². The molecule has 0 amide bonds. The highest BCUT2D eigenvalue weighted by molar-refractivity contribution is 14.0. The summed E-state index contributed by atoms with van der Waals surface area (Å²) < 4.78 is 13.4. The molecule has 1 atom stereocenters. The third-order valence-electron chi connectivity index (χ3n) is 4.84. The lowest BCUT2D eigenvalue weighted by atomic mass is 10.2. The Labute approximate surface area is 195 Å². The van der Waals surface area contributed by atoms with Crippen molar-refractivity contribution in [2.75, 3.05) is 20.2 Å². The van der Waals surface area contributed by atoms with Gasteiger partial charge in [0.25, 0.3) is 0 Å². The number of guanidine groups is 1. The Morgan fingerprint density at radius 2 is 2.03 bits per heavy atom. The molecule has 8 nitrogen and oxygen atoms in total. The van der Waals surface area contributed by atoms with Crippen molar-refractivity contribution in [1.82, 2.24) is 25.4 Å². The Bertz CT molecular complexity index is 811. The second-order valence-electron chi connectivity index (χ2n) is 7.18. The van der Waals surface area contributed by atoms with Crippen LogP contribution >= 0.6 is 24.0 Å². The predicted octanol–water partition coefficient (Wildman–Crippen LogP) is 3.15. The Kier molecular flexibility index (Phi) is 10.2. The molecule has 0 fully saturated rings. The summed E-state index contributed by atoms with van der Waals surface area (Å²) in [6, 6.07) is 7.63. The van der Waals surface area contributed by atoms with Crippen molar-refractivity contribution in [3.63, 3.8) is 0 Å². The zero-order chi connectivity index (χ0) is 20.5. The second-order valence-corrected chi connectivity index (χ2v) is 7.18. The van der Waals surface area contributed by atoms with E-state index in [-0.39, 0.29) is 30.1 Å². The third kappa shape index (κ3) is 7.03. The maximum Gasteiger partial charge on any atom is 0.191 e. The van der Waals surface area contributed by atoms with Gasteiger partial charge in [0.15, 0.2) is 11.8 Å². The molecule has 0 radical (unpaired) electrons. The standard InChI is InChI=1S/C21H32N6O2.HI/c1-4-22-21(23-14-16(2)29-18-10-8-9-17(13-18)28-3)24-15-20-26-25-19-11-6-5-7-12-27(19)20;/h8-10,13,16H,4-7,11-12,14-15H2,1-3H3,(H2,22,23,24);1H. The number of nitrogens with zero attached hydrogens (tertiary/aromatic N) is 4. The lowest BCUT2D eigenvalue weighted by Crippen LogP contribution is -2.41. The first kappa shape index (κ1) is 24.2. The summed E-state index contributed by atoms with van der Waals surface area (Å²) in [6.45, 7) is 6.98. The molecule has 0 bridgehead atoms. The first-order valence-electron chi connectivity index (χ1n) is 10.4. The van der Waals surface area contributed by atoms with Gasteiger partial charge in [-0.25, -0.2) is 4.99 Å². The lowest BCUT2D eigenvalue weighted by molar-refractivity contribution is 0.223. The van der Waals surface area contributed by atoms with Gasteiger partial charge < -0.3 is 24.7 Å². The summed E-state index contributed by atoms with van der Waals surface area (Å²) in [4.78, 5) is 4.70. The van der Waals surface area contributed by atoms with Crippen LogP contribution in [0.1, 0.15) is 44.8 Å². The normalized spacial score (nSPS) is 14.7. The molecular weight excluding hydrogens is 495 g/mol. The monoisotopic (exact) mass is 528 g/mol. The van der Waals surface area contributed by atoms with Crippen molar-refractivity contribution in [1.29, 1.82) is 0 Å². The molecule has 166 valence electrons. The number of methoxy groups -OCH3 is 1. The van der Waals surface area contributed by atoms with Crippen LogP contribution in [0.5, 0.6) is 11.5 Å². The van der Waals surface area contributed by atoms with Crippen molar-refractivity contribution < 1.29 is 9.47 Å². The van der Waals surface area contributed by atoms with Gasteiger partial charge in [-0.3, -0.25) is 0 Å². The molecule has 0 aliphatic carbocycles. The number of halogens is 1. The molecule has 1 aliphatic rings. The molecule has 1 aliphatic heterocycles. The fraction of sp³-hybridized carbons (Fsp3) is 0.571. The maximum atomic E-state index is 5.97. The zero-order valence-corrected chi connectivity index (χ0v) is 20.4. The van der Waals surface area contributed by atoms with Crippen LogP contribution < -0.4 is 20.1 Å². The van der Waals surface area contributed by atoms with E-state index in [4.69, 9.17) is 14.5 Å². The van der Waals surface area contributed by atoms with Crippen LogP contribution in [0.2, 0.25) is 0 Å². The zero-order valence-electron chi connectivity index (χ0n) is 18.1. The van der Waals surface area contributed by atoms with E-state index in [1.807, 2.05) is 31.2 Å². The maximum absolute atomic E-state index is 5.97. The van der Waals surface area contributed by atoms with Crippen molar-refractivity contribution in [3.05, 3.63) is 35.9 Å². The number of aromatic nitrogens is 3. The van der Waals surface area contributed by atoms with E-state index in [2.05, 4.69) is 32.3 Å². The molecular formula is C21H33IN6O2. The Hall–Kier alpha value is -2.04. The summed E-state index contributed by atoms with van der Waals surface area (Å²) in [6.07, 6.45) is 4.60. The fourth-order valence-electron chi connectivity index (χ4n) is 3.34. The van der Waals surface area contributed by atoms with Gasteiger partial charge in [-0.1, -0.05) is 12.5 Å². The van der Waals surface area contributed by atoms with E-state index in [9.17, 15) is 0 Å². The van der Waals surface area contributed by atoms with Crippen LogP contribution in [0.4, 0.5) is 0 Å². The van der Waals surface area contributed by atoms with Crippen LogP contribution in [-0.2, 0) is 19.5 Å². The van der Waals surface area contributed by atoms with Crippen molar-refractivity contribution in [2.45, 2.75) is 58.7 Å². The summed E-state index contributed by atoms with van der Waals surface area (Å²) in [5.74, 6) is 4.34. The minimum atomic E-state index is -0.0321. The van der Waals surface area contributed by atoms with E-state index >= 15 is 0 Å². The number of ether oxygens (including phenoxy) is 2. The van der Waals surface area contributed by atoms with E-state index < -0.39 is 0 Å². The third-order valence-corrected chi connectivity index (χ3v) is 4.84. The molecule has 0 saturated heterocycles. The quantitative estimate of drug-likeness (QED) is 0.311.